The molecule has 1 N–H and O–H groups in total. The van der Waals surface area contributed by atoms with Crippen LogP contribution < -0.4 is 20.4 Å². The lowest BCUT2D eigenvalue weighted by Gasteiger charge is -2.30. The van der Waals surface area contributed by atoms with Crippen molar-refractivity contribution in [1.82, 2.24) is 9.88 Å². The standard InChI is InChI=1S/C20H22FN3O4/c1-2-9-27-20(26)28-18-12-24(13-3-4-13)16-11-17(23-7-5-22-6-8-23)15(21)10-14(16)19(18)25/h2,10-13,22H,1,3-9H2. The lowest BCUT2D eigenvalue weighted by molar-refractivity contribution is 0.109. The van der Waals surface area contributed by atoms with Gasteiger partial charge in [-0.25, -0.2) is 9.18 Å². The van der Waals surface area contributed by atoms with Crippen LogP contribution in [0.25, 0.3) is 10.9 Å². The van der Waals surface area contributed by atoms with Gasteiger partial charge in [-0.3, -0.25) is 4.79 Å². The molecule has 0 radical (unpaired) electrons. The van der Waals surface area contributed by atoms with Gasteiger partial charge in [-0.1, -0.05) is 12.7 Å². The van der Waals surface area contributed by atoms with Crippen LogP contribution in [-0.4, -0.2) is 43.5 Å². The van der Waals surface area contributed by atoms with Crippen LogP contribution in [0.5, 0.6) is 5.75 Å². The number of anilines is 1. The molecule has 8 heteroatoms. The third-order valence-corrected chi connectivity index (χ3v) is 4.98. The highest BCUT2D eigenvalue weighted by Gasteiger charge is 2.28. The third kappa shape index (κ3) is 3.60. The van der Waals surface area contributed by atoms with E-state index >= 15 is 0 Å². The summed E-state index contributed by atoms with van der Waals surface area (Å²) in [5.74, 6) is -0.622. The van der Waals surface area contributed by atoms with Gasteiger partial charge >= 0.3 is 6.16 Å². The van der Waals surface area contributed by atoms with Crippen LogP contribution in [0.4, 0.5) is 14.9 Å². The Kier molecular flexibility index (Phi) is 5.04. The van der Waals surface area contributed by atoms with Crippen LogP contribution >= 0.6 is 0 Å². The first kappa shape index (κ1) is 18.5. The van der Waals surface area contributed by atoms with Crippen molar-refractivity contribution >= 4 is 22.7 Å². The molecule has 1 saturated carbocycles. The van der Waals surface area contributed by atoms with Crippen LogP contribution in [0.1, 0.15) is 18.9 Å². The van der Waals surface area contributed by atoms with E-state index in [0.717, 1.165) is 25.9 Å². The molecule has 1 aliphatic carbocycles. The summed E-state index contributed by atoms with van der Waals surface area (Å²) >= 11 is 0. The molecule has 2 aliphatic rings. The van der Waals surface area contributed by atoms with Crippen molar-refractivity contribution in [2.75, 3.05) is 37.7 Å². The average molecular weight is 387 g/mol. The number of nitrogens with one attached hydrogen (secondary N) is 1. The van der Waals surface area contributed by atoms with Crippen LogP contribution in [0.15, 0.2) is 35.8 Å². The molecule has 0 bridgehead atoms. The number of halogens is 1. The highest BCUT2D eigenvalue weighted by Crippen LogP contribution is 2.38. The molecule has 0 amide bonds. The zero-order valence-corrected chi connectivity index (χ0v) is 15.4. The summed E-state index contributed by atoms with van der Waals surface area (Å²) in [5, 5.41) is 3.44. The molecule has 28 heavy (non-hydrogen) atoms. The number of carbonyl (C=O) groups is 1. The van der Waals surface area contributed by atoms with Crippen molar-refractivity contribution in [1.29, 1.82) is 0 Å². The number of pyridine rings is 1. The van der Waals surface area contributed by atoms with Gasteiger partial charge in [-0.05, 0) is 25.0 Å². The molecule has 1 aliphatic heterocycles. The second-order valence-electron chi connectivity index (χ2n) is 6.97. The van der Waals surface area contributed by atoms with Gasteiger partial charge in [0.1, 0.15) is 12.4 Å². The quantitative estimate of drug-likeness (QED) is 0.628. The normalized spacial score (nSPS) is 16.8. The summed E-state index contributed by atoms with van der Waals surface area (Å²) in [4.78, 5) is 26.5. The van der Waals surface area contributed by atoms with E-state index in [9.17, 15) is 14.0 Å². The van der Waals surface area contributed by atoms with Gasteiger partial charge < -0.3 is 24.3 Å². The molecule has 0 atom stereocenters. The predicted molar refractivity (Wildman–Crippen MR) is 104 cm³/mol. The molecule has 2 heterocycles. The number of hydrogen-bond acceptors (Lipinski definition) is 6. The van der Waals surface area contributed by atoms with E-state index in [1.807, 2.05) is 9.47 Å². The summed E-state index contributed by atoms with van der Waals surface area (Å²) < 4.78 is 26.6. The van der Waals surface area contributed by atoms with Crippen molar-refractivity contribution in [2.24, 2.45) is 0 Å². The highest BCUT2D eigenvalue weighted by molar-refractivity contribution is 5.85. The molecular formula is C20H22FN3O4. The first-order valence-corrected chi connectivity index (χ1v) is 9.38. The Morgan fingerprint density at radius 2 is 2.07 bits per heavy atom. The summed E-state index contributed by atoms with van der Waals surface area (Å²) in [5.41, 5.74) is 0.601. The third-order valence-electron chi connectivity index (χ3n) is 4.98. The van der Waals surface area contributed by atoms with Crippen LogP contribution in [0.3, 0.4) is 0 Å². The Balaban J connectivity index is 1.78. The number of benzene rings is 1. The summed E-state index contributed by atoms with van der Waals surface area (Å²) in [7, 11) is 0. The van der Waals surface area contributed by atoms with Crippen LogP contribution in [-0.2, 0) is 4.74 Å². The van der Waals surface area contributed by atoms with Crippen molar-refractivity contribution in [3.05, 3.63) is 47.0 Å². The Labute approximate surface area is 161 Å². The van der Waals surface area contributed by atoms with E-state index < -0.39 is 17.4 Å². The molecule has 2 fully saturated rings. The van der Waals surface area contributed by atoms with Gasteiger partial charge in [0, 0.05) is 32.2 Å². The first-order valence-electron chi connectivity index (χ1n) is 9.38. The Bertz CT molecular complexity index is 978. The number of piperazine rings is 1. The maximum Gasteiger partial charge on any atom is 0.514 e. The van der Waals surface area contributed by atoms with Gasteiger partial charge in [0.05, 0.1) is 22.8 Å². The number of nitrogens with zero attached hydrogens (tertiary/aromatic N) is 2. The summed E-state index contributed by atoms with van der Waals surface area (Å²) in [6.07, 6.45) is 3.85. The fourth-order valence-electron chi connectivity index (χ4n) is 3.46. The lowest BCUT2D eigenvalue weighted by Crippen LogP contribution is -2.43. The lowest BCUT2D eigenvalue weighted by atomic mass is 10.1. The molecule has 0 unspecified atom stereocenters. The molecule has 1 aromatic heterocycles. The first-order chi connectivity index (χ1) is 13.6. The van der Waals surface area contributed by atoms with E-state index in [4.69, 9.17) is 9.47 Å². The van der Waals surface area contributed by atoms with Crippen LogP contribution in [0.2, 0.25) is 0 Å². The maximum atomic E-state index is 14.8. The molecular weight excluding hydrogens is 365 g/mol. The zero-order chi connectivity index (χ0) is 19.7. The average Bonchev–Trinajstić information content (AvgIpc) is 3.54. The monoisotopic (exact) mass is 387 g/mol. The minimum absolute atomic E-state index is 0.0219. The van der Waals surface area contributed by atoms with E-state index in [-0.39, 0.29) is 23.8 Å². The number of aromatic nitrogens is 1. The second-order valence-corrected chi connectivity index (χ2v) is 6.97. The fourth-order valence-corrected chi connectivity index (χ4v) is 3.46. The van der Waals surface area contributed by atoms with Crippen molar-refractivity contribution < 1.29 is 18.7 Å². The largest absolute Gasteiger partial charge is 0.514 e. The molecule has 148 valence electrons. The fraction of sp³-hybridized carbons (Fsp3) is 0.400. The number of carbonyl (C=O) groups excluding carboxylic acids is 1. The predicted octanol–water partition coefficient (Wildman–Crippen LogP) is 2.59. The van der Waals surface area contributed by atoms with E-state index in [2.05, 4.69) is 11.9 Å². The maximum absolute atomic E-state index is 14.8. The number of hydrogen-bond donors (Lipinski definition) is 1. The summed E-state index contributed by atoms with van der Waals surface area (Å²) in [6, 6.07) is 3.18. The molecule has 0 spiro atoms. The summed E-state index contributed by atoms with van der Waals surface area (Å²) in [6.45, 7) is 6.40. The molecule has 1 aromatic carbocycles. The number of fused-ring (bicyclic) bond motifs is 1. The highest BCUT2D eigenvalue weighted by atomic mass is 19.1. The Morgan fingerprint density at radius 3 is 2.75 bits per heavy atom. The van der Waals surface area contributed by atoms with Crippen molar-refractivity contribution in [3.8, 4) is 5.75 Å². The van der Waals surface area contributed by atoms with Crippen molar-refractivity contribution in [2.45, 2.75) is 18.9 Å². The van der Waals surface area contributed by atoms with Crippen LogP contribution in [0, 0.1) is 5.82 Å². The van der Waals surface area contributed by atoms with Gasteiger partial charge in [-0.15, -0.1) is 0 Å². The van der Waals surface area contributed by atoms with Crippen molar-refractivity contribution in [3.63, 3.8) is 0 Å². The van der Waals surface area contributed by atoms with Gasteiger partial charge in [0.15, 0.2) is 5.75 Å². The van der Waals surface area contributed by atoms with E-state index in [1.54, 1.807) is 6.07 Å². The smallest absolute Gasteiger partial charge is 0.430 e. The number of ether oxygens (including phenoxy) is 2. The Hall–Kier alpha value is -2.87. The van der Waals surface area contributed by atoms with E-state index in [1.165, 1.54) is 18.3 Å². The minimum atomic E-state index is -0.989. The van der Waals surface area contributed by atoms with E-state index in [0.29, 0.717) is 24.3 Å². The number of rotatable bonds is 5. The zero-order valence-electron chi connectivity index (χ0n) is 15.4. The van der Waals surface area contributed by atoms with Gasteiger partial charge in [0.25, 0.3) is 0 Å². The molecule has 7 nitrogen and oxygen atoms in total. The second kappa shape index (κ2) is 7.63. The molecule has 4 rings (SSSR count). The topological polar surface area (TPSA) is 72.8 Å². The molecule has 2 aromatic rings. The Morgan fingerprint density at radius 1 is 1.32 bits per heavy atom. The molecule has 1 saturated heterocycles. The van der Waals surface area contributed by atoms with Gasteiger partial charge in [-0.2, -0.15) is 0 Å². The SMILES string of the molecule is C=CCOC(=O)Oc1cn(C2CC2)c2cc(N3CCNCC3)c(F)cc2c1=O. The van der Waals surface area contributed by atoms with Gasteiger partial charge in [0.2, 0.25) is 5.43 Å². The minimum Gasteiger partial charge on any atom is -0.430 e.